The van der Waals surface area contributed by atoms with Crippen LogP contribution < -0.4 is 5.56 Å². The molecule has 4 heterocycles. The van der Waals surface area contributed by atoms with E-state index in [9.17, 15) is 9.90 Å². The molecule has 1 aliphatic carbocycles. The molecule has 31 heavy (non-hydrogen) atoms. The number of aliphatic hydroxyl groups is 1. The van der Waals surface area contributed by atoms with Gasteiger partial charge in [0.2, 0.25) is 0 Å². The smallest absolute Gasteiger partial charge is 0.250 e. The molecule has 5 nitrogen and oxygen atoms in total. The Morgan fingerprint density at radius 3 is 2.77 bits per heavy atom. The Morgan fingerprint density at radius 1 is 0.968 bits per heavy atom. The lowest BCUT2D eigenvalue weighted by Gasteiger charge is -2.43. The first kappa shape index (κ1) is 19.3. The predicted octanol–water partition coefficient (Wildman–Crippen LogP) is 3.16. The van der Waals surface area contributed by atoms with Crippen molar-refractivity contribution in [2.45, 2.75) is 57.2 Å². The number of aryl methyl sites for hydroxylation is 1. The van der Waals surface area contributed by atoms with Gasteiger partial charge in [0.15, 0.2) is 0 Å². The molecule has 162 valence electrons. The van der Waals surface area contributed by atoms with Crippen molar-refractivity contribution in [3.63, 3.8) is 0 Å². The zero-order valence-electron chi connectivity index (χ0n) is 18.0. The lowest BCUT2D eigenvalue weighted by molar-refractivity contribution is 0.0549. The van der Waals surface area contributed by atoms with Crippen molar-refractivity contribution in [2.75, 3.05) is 19.6 Å². The molecule has 1 unspecified atom stereocenters. The van der Waals surface area contributed by atoms with Crippen LogP contribution in [-0.2, 0) is 25.9 Å². The number of rotatable bonds is 4. The fraction of sp³-hybridized carbons (Fsp3) is 0.500. The zero-order chi connectivity index (χ0) is 20.9. The van der Waals surface area contributed by atoms with Crippen molar-refractivity contribution in [1.29, 1.82) is 0 Å². The van der Waals surface area contributed by atoms with Gasteiger partial charge >= 0.3 is 0 Å². The van der Waals surface area contributed by atoms with Crippen molar-refractivity contribution in [2.24, 2.45) is 5.92 Å². The molecule has 0 amide bonds. The van der Waals surface area contributed by atoms with E-state index in [4.69, 9.17) is 0 Å². The van der Waals surface area contributed by atoms with Crippen LogP contribution in [0.4, 0.5) is 0 Å². The Balaban J connectivity index is 1.21. The van der Waals surface area contributed by atoms with Gasteiger partial charge in [-0.25, -0.2) is 0 Å². The van der Waals surface area contributed by atoms with E-state index in [0.29, 0.717) is 24.9 Å². The number of hydrogen-bond acceptors (Lipinski definition) is 3. The Morgan fingerprint density at radius 2 is 1.84 bits per heavy atom. The number of nitrogens with zero attached hydrogens (tertiary/aromatic N) is 3. The summed E-state index contributed by atoms with van der Waals surface area (Å²) >= 11 is 0. The summed E-state index contributed by atoms with van der Waals surface area (Å²) in [6.07, 6.45) is 5.56. The molecule has 3 atom stereocenters. The highest BCUT2D eigenvalue weighted by molar-refractivity contribution is 5.85. The topological polar surface area (TPSA) is 50.4 Å². The summed E-state index contributed by atoms with van der Waals surface area (Å²) in [5.41, 5.74) is 5.52. The molecule has 0 spiro atoms. The molecule has 5 heteroatoms. The Labute approximate surface area is 182 Å². The number of fused-ring (bicyclic) bond motifs is 7. The van der Waals surface area contributed by atoms with Crippen molar-refractivity contribution < 1.29 is 5.11 Å². The van der Waals surface area contributed by atoms with Crippen LogP contribution in [0, 0.1) is 5.92 Å². The highest BCUT2D eigenvalue weighted by atomic mass is 16.3. The third-order valence-corrected chi connectivity index (χ3v) is 7.70. The number of likely N-dealkylation sites (tertiary alicyclic amines) is 1. The standard InChI is InChI=1S/C26H31N3O2/c30-20(17-28-24-8-3-1-6-21(24)22-7-2-4-9-25(22)28)16-27-13-18-12-19(15-27)23-10-5-11-26(31)29(23)14-18/h1,3,5-6,8,10-11,18-20,30H,2,4,7,9,12-17H2/t18-,19+,20?/m1/s1. The van der Waals surface area contributed by atoms with E-state index in [1.165, 1.54) is 40.7 Å². The van der Waals surface area contributed by atoms with Crippen molar-refractivity contribution in [3.8, 4) is 0 Å². The van der Waals surface area contributed by atoms with E-state index in [2.05, 4.69) is 39.8 Å². The minimum absolute atomic E-state index is 0.130. The number of hydrogen-bond donors (Lipinski definition) is 1. The largest absolute Gasteiger partial charge is 0.390 e. The maximum Gasteiger partial charge on any atom is 0.250 e. The minimum Gasteiger partial charge on any atom is -0.390 e. The molecular formula is C26H31N3O2. The molecule has 2 bridgehead atoms. The van der Waals surface area contributed by atoms with E-state index >= 15 is 0 Å². The number of aliphatic hydroxyl groups excluding tert-OH is 1. The summed E-state index contributed by atoms with van der Waals surface area (Å²) in [5, 5.41) is 12.5. The molecule has 1 N–H and O–H groups in total. The highest BCUT2D eigenvalue weighted by Crippen LogP contribution is 2.35. The Bertz CT molecular complexity index is 1180. The van der Waals surface area contributed by atoms with Gasteiger partial charge in [-0.15, -0.1) is 0 Å². The second-order valence-corrected chi connectivity index (χ2v) is 9.83. The number of benzene rings is 1. The van der Waals surface area contributed by atoms with Crippen LogP contribution in [0.1, 0.15) is 42.1 Å². The van der Waals surface area contributed by atoms with Gasteiger partial charge in [0.25, 0.3) is 5.56 Å². The van der Waals surface area contributed by atoms with Crippen molar-refractivity contribution in [1.82, 2.24) is 14.0 Å². The van der Waals surface area contributed by atoms with Crippen LogP contribution in [0.15, 0.2) is 47.3 Å². The van der Waals surface area contributed by atoms with Crippen molar-refractivity contribution >= 4 is 10.9 Å². The van der Waals surface area contributed by atoms with Gasteiger partial charge in [-0.2, -0.15) is 0 Å². The van der Waals surface area contributed by atoms with Crippen LogP contribution >= 0.6 is 0 Å². The predicted molar refractivity (Wildman–Crippen MR) is 123 cm³/mol. The normalized spacial score (nSPS) is 24.0. The molecule has 2 aromatic heterocycles. The van der Waals surface area contributed by atoms with E-state index < -0.39 is 6.10 Å². The van der Waals surface area contributed by atoms with Gasteiger partial charge < -0.3 is 14.2 Å². The third-order valence-electron chi connectivity index (χ3n) is 7.70. The van der Waals surface area contributed by atoms with E-state index in [-0.39, 0.29) is 5.56 Å². The van der Waals surface area contributed by atoms with Gasteiger partial charge in [0, 0.05) is 60.5 Å². The Kier molecular flexibility index (Phi) is 4.77. The molecule has 0 saturated carbocycles. The van der Waals surface area contributed by atoms with Gasteiger partial charge in [-0.1, -0.05) is 24.3 Å². The van der Waals surface area contributed by atoms with E-state index in [1.54, 1.807) is 6.07 Å². The lowest BCUT2D eigenvalue weighted by atomic mass is 9.83. The summed E-state index contributed by atoms with van der Waals surface area (Å²) < 4.78 is 4.37. The maximum atomic E-state index is 12.3. The van der Waals surface area contributed by atoms with Crippen LogP contribution in [0.3, 0.4) is 0 Å². The molecule has 6 rings (SSSR count). The lowest BCUT2D eigenvalue weighted by Crippen LogP contribution is -2.49. The third kappa shape index (κ3) is 3.35. The maximum absolute atomic E-state index is 12.3. The van der Waals surface area contributed by atoms with E-state index in [1.807, 2.05) is 10.6 Å². The van der Waals surface area contributed by atoms with Crippen LogP contribution in [0.5, 0.6) is 0 Å². The molecule has 0 radical (unpaired) electrons. The summed E-state index contributed by atoms with van der Waals surface area (Å²) in [6, 6.07) is 14.4. The molecule has 1 aromatic carbocycles. The van der Waals surface area contributed by atoms with Gasteiger partial charge in [0.1, 0.15) is 0 Å². The fourth-order valence-electron chi connectivity index (χ4n) is 6.51. The second-order valence-electron chi connectivity index (χ2n) is 9.83. The average Bonchev–Trinajstić information content (AvgIpc) is 3.08. The van der Waals surface area contributed by atoms with E-state index in [0.717, 1.165) is 38.9 Å². The van der Waals surface area contributed by atoms with Crippen LogP contribution in [-0.4, -0.2) is 44.9 Å². The summed E-state index contributed by atoms with van der Waals surface area (Å²) in [4.78, 5) is 14.7. The van der Waals surface area contributed by atoms with Crippen LogP contribution in [0.25, 0.3) is 10.9 Å². The number of aromatic nitrogens is 2. The second kappa shape index (κ2) is 7.64. The highest BCUT2D eigenvalue weighted by Gasteiger charge is 2.35. The van der Waals surface area contributed by atoms with Gasteiger partial charge in [-0.3, -0.25) is 9.69 Å². The minimum atomic E-state index is -0.390. The van der Waals surface area contributed by atoms with Gasteiger partial charge in [-0.05, 0) is 55.7 Å². The molecular weight excluding hydrogens is 386 g/mol. The number of piperidine rings is 1. The average molecular weight is 418 g/mol. The quantitative estimate of drug-likeness (QED) is 0.710. The fourth-order valence-corrected chi connectivity index (χ4v) is 6.51. The summed E-state index contributed by atoms with van der Waals surface area (Å²) in [6.45, 7) is 4.08. The summed E-state index contributed by atoms with van der Waals surface area (Å²) in [7, 11) is 0. The Hall–Kier alpha value is -2.37. The molecule has 2 aliphatic heterocycles. The number of pyridine rings is 1. The molecule has 1 saturated heterocycles. The number of β-amino-alcohol motifs (C(OH)–C–C–N with tert-alkyl or cyclic N) is 1. The van der Waals surface area contributed by atoms with Crippen molar-refractivity contribution in [3.05, 3.63) is 69.8 Å². The molecule has 1 fully saturated rings. The monoisotopic (exact) mass is 417 g/mol. The first-order valence-electron chi connectivity index (χ1n) is 11.9. The first-order valence-corrected chi connectivity index (χ1v) is 11.9. The molecule has 3 aliphatic rings. The SMILES string of the molecule is O=c1cccc2n1C[C@@H]1C[C@H]2CN(CC(O)Cn2c3c(c4ccccc42)CCCC3)C1. The zero-order valence-corrected chi connectivity index (χ0v) is 18.0. The summed E-state index contributed by atoms with van der Waals surface area (Å²) in [5.74, 6) is 0.896. The molecule has 3 aromatic rings. The van der Waals surface area contributed by atoms with Gasteiger partial charge in [0.05, 0.1) is 12.6 Å². The number of para-hydroxylation sites is 1. The van der Waals surface area contributed by atoms with Crippen LogP contribution in [0.2, 0.25) is 0 Å². The first-order chi connectivity index (χ1) is 15.2.